The number of rotatable bonds is 3. The fourth-order valence-corrected chi connectivity index (χ4v) is 2.42. The molecule has 0 bridgehead atoms. The molecule has 5 nitrogen and oxygen atoms in total. The third-order valence-electron chi connectivity index (χ3n) is 3.40. The van der Waals surface area contributed by atoms with Gasteiger partial charge >= 0.3 is 6.03 Å². The SMILES string of the molecule is NC1CCC(CNC(=O)NC2CCOC2)C1. The van der Waals surface area contributed by atoms with Crippen LogP contribution in [0.5, 0.6) is 0 Å². The first kappa shape index (κ1) is 11.7. The standard InChI is InChI=1S/C11H21N3O2/c12-9-2-1-8(5-9)6-13-11(15)14-10-3-4-16-7-10/h8-10H,1-7,12H2,(H2,13,14,15). The topological polar surface area (TPSA) is 76.4 Å². The van der Waals surface area contributed by atoms with Crippen LogP contribution >= 0.6 is 0 Å². The lowest BCUT2D eigenvalue weighted by molar-refractivity contribution is 0.188. The van der Waals surface area contributed by atoms with Crippen LogP contribution in [0.15, 0.2) is 0 Å². The molecule has 92 valence electrons. The van der Waals surface area contributed by atoms with E-state index >= 15 is 0 Å². The van der Waals surface area contributed by atoms with Gasteiger partial charge in [-0.1, -0.05) is 0 Å². The van der Waals surface area contributed by atoms with Crippen LogP contribution in [0.4, 0.5) is 4.79 Å². The molecule has 2 amide bonds. The molecule has 2 rings (SSSR count). The van der Waals surface area contributed by atoms with Gasteiger partial charge in [0, 0.05) is 19.2 Å². The van der Waals surface area contributed by atoms with Crippen LogP contribution in [-0.2, 0) is 4.74 Å². The Kier molecular flexibility index (Phi) is 4.01. The molecule has 0 aromatic carbocycles. The van der Waals surface area contributed by atoms with Crippen molar-refractivity contribution in [3.63, 3.8) is 0 Å². The highest BCUT2D eigenvalue weighted by atomic mass is 16.5. The second kappa shape index (κ2) is 5.50. The number of ether oxygens (including phenoxy) is 1. The number of amides is 2. The first-order valence-electron chi connectivity index (χ1n) is 6.11. The lowest BCUT2D eigenvalue weighted by atomic mass is 10.1. The molecule has 0 aromatic rings. The molecule has 2 fully saturated rings. The van der Waals surface area contributed by atoms with Crippen molar-refractivity contribution in [2.75, 3.05) is 19.8 Å². The van der Waals surface area contributed by atoms with E-state index in [1.54, 1.807) is 0 Å². The van der Waals surface area contributed by atoms with Gasteiger partial charge in [-0.05, 0) is 31.6 Å². The quantitative estimate of drug-likeness (QED) is 0.644. The van der Waals surface area contributed by atoms with E-state index in [4.69, 9.17) is 10.5 Å². The van der Waals surface area contributed by atoms with Gasteiger partial charge in [0.2, 0.25) is 0 Å². The van der Waals surface area contributed by atoms with Crippen molar-refractivity contribution in [1.82, 2.24) is 10.6 Å². The van der Waals surface area contributed by atoms with Gasteiger partial charge in [0.25, 0.3) is 0 Å². The summed E-state index contributed by atoms with van der Waals surface area (Å²) < 4.78 is 5.19. The molecule has 1 saturated heterocycles. The number of carbonyl (C=O) groups excluding carboxylic acids is 1. The highest BCUT2D eigenvalue weighted by Crippen LogP contribution is 2.22. The van der Waals surface area contributed by atoms with Gasteiger partial charge < -0.3 is 21.1 Å². The Balaban J connectivity index is 1.60. The molecule has 2 aliphatic rings. The Bertz CT molecular complexity index is 241. The molecule has 1 aliphatic carbocycles. The maximum absolute atomic E-state index is 11.5. The van der Waals surface area contributed by atoms with Crippen molar-refractivity contribution in [1.29, 1.82) is 0 Å². The lowest BCUT2D eigenvalue weighted by Gasteiger charge is -2.14. The monoisotopic (exact) mass is 227 g/mol. The molecular weight excluding hydrogens is 206 g/mol. The summed E-state index contributed by atoms with van der Waals surface area (Å²) in [6, 6.07) is 0.444. The molecule has 0 radical (unpaired) electrons. The maximum Gasteiger partial charge on any atom is 0.315 e. The minimum atomic E-state index is -0.0732. The Hall–Kier alpha value is -0.810. The average Bonchev–Trinajstić information content (AvgIpc) is 2.87. The van der Waals surface area contributed by atoms with Crippen LogP contribution in [0.3, 0.4) is 0 Å². The molecule has 16 heavy (non-hydrogen) atoms. The molecule has 4 N–H and O–H groups in total. The molecule has 1 aliphatic heterocycles. The maximum atomic E-state index is 11.5. The fourth-order valence-electron chi connectivity index (χ4n) is 2.42. The molecule has 3 atom stereocenters. The Morgan fingerprint density at radius 2 is 2.25 bits per heavy atom. The molecule has 1 heterocycles. The molecule has 0 aromatic heterocycles. The average molecular weight is 227 g/mol. The van der Waals surface area contributed by atoms with E-state index in [-0.39, 0.29) is 12.1 Å². The van der Waals surface area contributed by atoms with Crippen molar-refractivity contribution in [3.8, 4) is 0 Å². The molecular formula is C11H21N3O2. The summed E-state index contributed by atoms with van der Waals surface area (Å²) in [5.41, 5.74) is 5.82. The van der Waals surface area contributed by atoms with Gasteiger partial charge in [-0.15, -0.1) is 0 Å². The first-order valence-corrected chi connectivity index (χ1v) is 6.11. The number of nitrogens with two attached hydrogens (primary N) is 1. The van der Waals surface area contributed by atoms with E-state index in [1.807, 2.05) is 0 Å². The molecule has 3 unspecified atom stereocenters. The van der Waals surface area contributed by atoms with Crippen molar-refractivity contribution in [2.24, 2.45) is 11.7 Å². The summed E-state index contributed by atoms with van der Waals surface area (Å²) in [7, 11) is 0. The van der Waals surface area contributed by atoms with Gasteiger partial charge in [-0.2, -0.15) is 0 Å². The Morgan fingerprint density at radius 3 is 2.88 bits per heavy atom. The van der Waals surface area contributed by atoms with Crippen LogP contribution in [0.1, 0.15) is 25.7 Å². The zero-order chi connectivity index (χ0) is 11.4. The van der Waals surface area contributed by atoms with Crippen LogP contribution in [-0.4, -0.2) is 37.9 Å². The Labute approximate surface area is 96.1 Å². The third kappa shape index (κ3) is 3.35. The summed E-state index contributed by atoms with van der Waals surface area (Å²) in [6.45, 7) is 2.14. The van der Waals surface area contributed by atoms with Crippen LogP contribution in [0.2, 0.25) is 0 Å². The normalized spacial score (nSPS) is 33.9. The third-order valence-corrected chi connectivity index (χ3v) is 3.40. The zero-order valence-corrected chi connectivity index (χ0v) is 9.58. The Morgan fingerprint density at radius 1 is 1.38 bits per heavy atom. The number of nitrogens with one attached hydrogen (secondary N) is 2. The fraction of sp³-hybridized carbons (Fsp3) is 0.909. The van der Waals surface area contributed by atoms with Gasteiger partial charge in [0.05, 0.1) is 12.6 Å². The van der Waals surface area contributed by atoms with E-state index in [0.29, 0.717) is 18.6 Å². The number of hydrogen-bond acceptors (Lipinski definition) is 3. The van der Waals surface area contributed by atoms with Gasteiger partial charge in [-0.25, -0.2) is 4.79 Å². The largest absolute Gasteiger partial charge is 0.379 e. The highest BCUT2D eigenvalue weighted by Gasteiger charge is 2.23. The second-order valence-electron chi connectivity index (χ2n) is 4.85. The minimum Gasteiger partial charge on any atom is -0.379 e. The highest BCUT2D eigenvalue weighted by molar-refractivity contribution is 5.74. The van der Waals surface area contributed by atoms with Gasteiger partial charge in [0.1, 0.15) is 0 Å². The van der Waals surface area contributed by atoms with Crippen LogP contribution < -0.4 is 16.4 Å². The van der Waals surface area contributed by atoms with Crippen LogP contribution in [0, 0.1) is 5.92 Å². The van der Waals surface area contributed by atoms with E-state index in [0.717, 1.165) is 38.8 Å². The van der Waals surface area contributed by atoms with E-state index in [9.17, 15) is 4.79 Å². The summed E-state index contributed by atoms with van der Waals surface area (Å²) in [4.78, 5) is 11.5. The van der Waals surface area contributed by atoms with Crippen molar-refractivity contribution in [2.45, 2.75) is 37.8 Å². The van der Waals surface area contributed by atoms with Crippen molar-refractivity contribution in [3.05, 3.63) is 0 Å². The smallest absolute Gasteiger partial charge is 0.315 e. The van der Waals surface area contributed by atoms with E-state index in [2.05, 4.69) is 10.6 Å². The van der Waals surface area contributed by atoms with Gasteiger partial charge in [0.15, 0.2) is 0 Å². The summed E-state index contributed by atoms with van der Waals surface area (Å²) in [5.74, 6) is 0.556. The van der Waals surface area contributed by atoms with Crippen molar-refractivity contribution < 1.29 is 9.53 Å². The van der Waals surface area contributed by atoms with E-state index in [1.165, 1.54) is 0 Å². The van der Waals surface area contributed by atoms with E-state index < -0.39 is 0 Å². The number of urea groups is 1. The summed E-state index contributed by atoms with van der Waals surface area (Å²) >= 11 is 0. The minimum absolute atomic E-state index is 0.0732. The van der Waals surface area contributed by atoms with Crippen LogP contribution in [0.25, 0.3) is 0 Å². The number of carbonyl (C=O) groups is 1. The van der Waals surface area contributed by atoms with Crippen molar-refractivity contribution >= 4 is 6.03 Å². The molecule has 5 heteroatoms. The van der Waals surface area contributed by atoms with Gasteiger partial charge in [-0.3, -0.25) is 0 Å². The first-order chi connectivity index (χ1) is 7.74. The number of hydrogen-bond donors (Lipinski definition) is 3. The summed E-state index contributed by atoms with van der Waals surface area (Å²) in [5, 5.41) is 5.82. The summed E-state index contributed by atoms with van der Waals surface area (Å²) in [6.07, 6.45) is 4.17. The molecule has 1 saturated carbocycles. The predicted molar refractivity (Wildman–Crippen MR) is 61.1 cm³/mol. The zero-order valence-electron chi connectivity index (χ0n) is 9.58. The lowest BCUT2D eigenvalue weighted by Crippen LogP contribution is -2.43. The predicted octanol–water partition coefficient (Wildman–Crippen LogP) is 0.202. The molecule has 0 spiro atoms. The second-order valence-corrected chi connectivity index (χ2v) is 4.85.